The van der Waals surface area contributed by atoms with E-state index in [1.165, 1.54) is 0 Å². The summed E-state index contributed by atoms with van der Waals surface area (Å²) in [5, 5.41) is 2.46. The van der Waals surface area contributed by atoms with E-state index in [0.717, 1.165) is 6.26 Å². The highest BCUT2D eigenvalue weighted by Gasteiger charge is 2.09. The molecule has 0 fully saturated rings. The molecular formula is C7H14N2O3S2. The summed E-state index contributed by atoms with van der Waals surface area (Å²) in [4.78, 5) is 11.3. The lowest BCUT2D eigenvalue weighted by Crippen LogP contribution is -2.31. The fourth-order valence-electron chi connectivity index (χ4n) is 0.780. The zero-order valence-corrected chi connectivity index (χ0v) is 9.58. The van der Waals surface area contributed by atoms with Gasteiger partial charge in [0.1, 0.15) is 5.75 Å². The van der Waals surface area contributed by atoms with Crippen molar-refractivity contribution in [1.82, 2.24) is 5.32 Å². The van der Waals surface area contributed by atoms with Gasteiger partial charge in [0.2, 0.25) is 5.91 Å². The molecule has 82 valence electrons. The predicted molar refractivity (Wildman–Crippen MR) is 58.7 cm³/mol. The lowest BCUT2D eigenvalue weighted by atomic mass is 10.3. The van der Waals surface area contributed by atoms with Gasteiger partial charge >= 0.3 is 0 Å². The molecule has 0 unspecified atom stereocenters. The number of amides is 1. The Balaban J connectivity index is 3.61. The zero-order valence-electron chi connectivity index (χ0n) is 7.95. The molecule has 0 bridgehead atoms. The Kier molecular flexibility index (Phi) is 5.63. The molecule has 0 aromatic carbocycles. The Hall–Kier alpha value is -0.690. The Morgan fingerprint density at radius 1 is 1.50 bits per heavy atom. The minimum Gasteiger partial charge on any atom is -0.393 e. The highest BCUT2D eigenvalue weighted by molar-refractivity contribution is 7.91. The largest absolute Gasteiger partial charge is 0.393 e. The van der Waals surface area contributed by atoms with E-state index in [4.69, 9.17) is 5.73 Å². The second-order valence-electron chi connectivity index (χ2n) is 2.99. The van der Waals surface area contributed by atoms with E-state index in [9.17, 15) is 13.2 Å². The van der Waals surface area contributed by atoms with Gasteiger partial charge < -0.3 is 11.1 Å². The van der Waals surface area contributed by atoms with Crippen LogP contribution in [-0.4, -0.2) is 37.9 Å². The molecule has 14 heavy (non-hydrogen) atoms. The highest BCUT2D eigenvalue weighted by Crippen LogP contribution is 1.87. The fraction of sp³-hybridized carbons (Fsp3) is 0.714. The van der Waals surface area contributed by atoms with Gasteiger partial charge in [-0.3, -0.25) is 4.79 Å². The van der Waals surface area contributed by atoms with Crippen LogP contribution in [0.25, 0.3) is 0 Å². The summed E-state index contributed by atoms with van der Waals surface area (Å²) in [6.07, 6.45) is 2.20. The van der Waals surface area contributed by atoms with Crippen LogP contribution in [0.4, 0.5) is 0 Å². The van der Waals surface area contributed by atoms with Gasteiger partial charge in [-0.25, -0.2) is 8.42 Å². The average Bonchev–Trinajstić information content (AvgIpc) is 1.94. The van der Waals surface area contributed by atoms with Crippen molar-refractivity contribution in [1.29, 1.82) is 0 Å². The zero-order chi connectivity index (χ0) is 11.2. The predicted octanol–water partition coefficient (Wildman–Crippen LogP) is -0.786. The lowest BCUT2D eigenvalue weighted by molar-refractivity contribution is -0.118. The summed E-state index contributed by atoms with van der Waals surface area (Å²) < 4.78 is 21.4. The maximum atomic E-state index is 10.9. The van der Waals surface area contributed by atoms with E-state index in [2.05, 4.69) is 17.5 Å². The van der Waals surface area contributed by atoms with Crippen molar-refractivity contribution in [2.24, 2.45) is 5.73 Å². The first-order chi connectivity index (χ1) is 6.31. The standard InChI is InChI=1S/C7H14N2O3S2/c1-14(11,12)5-7(10)9-4-2-3-6(8)13/h2-5H2,1H3,(H2,8,13)(H,9,10). The normalized spacial score (nSPS) is 10.9. The smallest absolute Gasteiger partial charge is 0.235 e. The van der Waals surface area contributed by atoms with Crippen LogP contribution >= 0.6 is 12.2 Å². The first kappa shape index (κ1) is 13.3. The topological polar surface area (TPSA) is 89.3 Å². The Morgan fingerprint density at radius 2 is 2.07 bits per heavy atom. The summed E-state index contributed by atoms with van der Waals surface area (Å²) in [6, 6.07) is 0. The van der Waals surface area contributed by atoms with Crippen LogP contribution in [0.5, 0.6) is 0 Å². The van der Waals surface area contributed by atoms with Crippen molar-refractivity contribution >= 4 is 33.0 Å². The van der Waals surface area contributed by atoms with Crippen molar-refractivity contribution in [2.45, 2.75) is 12.8 Å². The van der Waals surface area contributed by atoms with E-state index in [1.807, 2.05) is 0 Å². The third kappa shape index (κ3) is 9.40. The molecule has 0 aromatic heterocycles. The molecule has 0 spiro atoms. The molecule has 0 aliphatic rings. The van der Waals surface area contributed by atoms with Crippen molar-refractivity contribution in [3.63, 3.8) is 0 Å². The molecule has 0 saturated carbocycles. The summed E-state index contributed by atoms with van der Waals surface area (Å²) in [7, 11) is -3.24. The van der Waals surface area contributed by atoms with Crippen LogP contribution in [0.1, 0.15) is 12.8 Å². The number of nitrogens with one attached hydrogen (secondary N) is 1. The second kappa shape index (κ2) is 5.92. The van der Waals surface area contributed by atoms with Crippen LogP contribution in [0.3, 0.4) is 0 Å². The van der Waals surface area contributed by atoms with Crippen molar-refractivity contribution < 1.29 is 13.2 Å². The average molecular weight is 238 g/mol. The number of rotatable bonds is 6. The van der Waals surface area contributed by atoms with Crippen molar-refractivity contribution in [2.75, 3.05) is 18.6 Å². The summed E-state index contributed by atoms with van der Waals surface area (Å²) in [5.74, 6) is -0.962. The number of thiocarbonyl (C=S) groups is 1. The van der Waals surface area contributed by atoms with Gasteiger partial charge in [0.25, 0.3) is 0 Å². The van der Waals surface area contributed by atoms with Gasteiger partial charge in [-0.2, -0.15) is 0 Å². The molecule has 1 amide bonds. The summed E-state index contributed by atoms with van der Waals surface area (Å²) >= 11 is 4.63. The van der Waals surface area contributed by atoms with E-state index < -0.39 is 21.5 Å². The number of hydrogen-bond donors (Lipinski definition) is 2. The molecule has 0 aliphatic carbocycles. The molecule has 7 heteroatoms. The highest BCUT2D eigenvalue weighted by atomic mass is 32.2. The minimum absolute atomic E-state index is 0.391. The van der Waals surface area contributed by atoms with Crippen LogP contribution in [0.2, 0.25) is 0 Å². The van der Waals surface area contributed by atoms with E-state index in [1.54, 1.807) is 0 Å². The van der Waals surface area contributed by atoms with Gasteiger partial charge in [-0.1, -0.05) is 12.2 Å². The molecule has 0 heterocycles. The first-order valence-electron chi connectivity index (χ1n) is 4.04. The van der Waals surface area contributed by atoms with Gasteiger partial charge in [-0.05, 0) is 12.8 Å². The van der Waals surface area contributed by atoms with Crippen molar-refractivity contribution in [3.8, 4) is 0 Å². The molecular weight excluding hydrogens is 224 g/mol. The quantitative estimate of drug-likeness (QED) is 0.468. The van der Waals surface area contributed by atoms with Crippen molar-refractivity contribution in [3.05, 3.63) is 0 Å². The molecule has 5 nitrogen and oxygen atoms in total. The van der Waals surface area contributed by atoms with E-state index in [-0.39, 0.29) is 0 Å². The molecule has 0 atom stereocenters. The third-order valence-corrected chi connectivity index (χ3v) is 2.31. The second-order valence-corrected chi connectivity index (χ2v) is 5.65. The molecule has 0 aromatic rings. The summed E-state index contributed by atoms with van der Waals surface area (Å²) in [6.45, 7) is 0.395. The molecule has 0 saturated heterocycles. The van der Waals surface area contributed by atoms with Crippen LogP contribution < -0.4 is 11.1 Å². The number of hydrogen-bond acceptors (Lipinski definition) is 4. The van der Waals surface area contributed by atoms with Gasteiger partial charge in [-0.15, -0.1) is 0 Å². The Bertz CT molecular complexity index is 311. The number of carbonyl (C=O) groups is 1. The van der Waals surface area contributed by atoms with E-state index >= 15 is 0 Å². The van der Waals surface area contributed by atoms with Crippen LogP contribution in [-0.2, 0) is 14.6 Å². The van der Waals surface area contributed by atoms with Gasteiger partial charge in [0, 0.05) is 12.8 Å². The number of nitrogens with two attached hydrogens (primary N) is 1. The molecule has 0 radical (unpaired) electrons. The molecule has 0 rings (SSSR count). The lowest BCUT2D eigenvalue weighted by Gasteiger charge is -2.03. The maximum Gasteiger partial charge on any atom is 0.235 e. The Morgan fingerprint density at radius 3 is 2.50 bits per heavy atom. The number of sulfone groups is 1. The number of carbonyl (C=O) groups excluding carboxylic acids is 1. The summed E-state index contributed by atoms with van der Waals surface area (Å²) in [5.41, 5.74) is 5.23. The molecule has 0 aliphatic heterocycles. The Labute approximate surface area is 89.0 Å². The first-order valence-corrected chi connectivity index (χ1v) is 6.51. The fourth-order valence-corrected chi connectivity index (χ4v) is 1.50. The maximum absolute atomic E-state index is 10.9. The monoisotopic (exact) mass is 238 g/mol. The van der Waals surface area contributed by atoms with Crippen LogP contribution in [0.15, 0.2) is 0 Å². The van der Waals surface area contributed by atoms with Gasteiger partial charge in [0.15, 0.2) is 9.84 Å². The SMILES string of the molecule is CS(=O)(=O)CC(=O)NCCCC(N)=S. The third-order valence-electron chi connectivity index (χ3n) is 1.32. The van der Waals surface area contributed by atoms with E-state index in [0.29, 0.717) is 24.4 Å². The van der Waals surface area contributed by atoms with Crippen LogP contribution in [0, 0.1) is 0 Å². The minimum atomic E-state index is -3.24. The molecule has 3 N–H and O–H groups in total. The van der Waals surface area contributed by atoms with Gasteiger partial charge in [0.05, 0.1) is 4.99 Å².